The summed E-state index contributed by atoms with van der Waals surface area (Å²) in [6.07, 6.45) is 1.80. The quantitative estimate of drug-likeness (QED) is 0.337. The molecule has 9 heteroatoms. The van der Waals surface area contributed by atoms with Crippen molar-refractivity contribution in [2.75, 3.05) is 25.2 Å². The maximum absolute atomic E-state index is 11.5. The lowest BCUT2D eigenvalue weighted by Crippen LogP contribution is -2.48. The summed E-state index contributed by atoms with van der Waals surface area (Å²) in [7, 11) is 0. The van der Waals surface area contributed by atoms with E-state index in [1.807, 2.05) is 0 Å². The maximum atomic E-state index is 11.5. The first-order valence-corrected chi connectivity index (χ1v) is 6.17. The highest BCUT2D eigenvalue weighted by Crippen LogP contribution is 1.97. The Morgan fingerprint density at radius 2 is 2.18 bits per heavy atom. The van der Waals surface area contributed by atoms with Gasteiger partial charge in [-0.2, -0.15) is 11.8 Å². The van der Waals surface area contributed by atoms with Gasteiger partial charge in [-0.25, -0.2) is 0 Å². The van der Waals surface area contributed by atoms with E-state index >= 15 is 0 Å². The van der Waals surface area contributed by atoms with Gasteiger partial charge in [0.05, 0.1) is 0 Å². The van der Waals surface area contributed by atoms with Crippen molar-refractivity contribution in [3.63, 3.8) is 0 Å². The molecule has 0 aromatic heterocycles. The van der Waals surface area contributed by atoms with Gasteiger partial charge in [-0.15, -0.1) is 10.1 Å². The van der Waals surface area contributed by atoms with Crippen LogP contribution in [0.1, 0.15) is 6.92 Å². The molecule has 1 atom stereocenters. The van der Waals surface area contributed by atoms with E-state index in [9.17, 15) is 19.7 Å². The fraction of sp³-hybridized carbons (Fsp3) is 0.750. The van der Waals surface area contributed by atoms with Gasteiger partial charge in [0.1, 0.15) is 12.6 Å². The average Bonchev–Trinajstić information content (AvgIpc) is 2.22. The van der Waals surface area contributed by atoms with Gasteiger partial charge in [-0.3, -0.25) is 9.59 Å². The lowest BCUT2D eigenvalue weighted by atomic mass is 10.3. The molecule has 8 nitrogen and oxygen atoms in total. The zero-order valence-electron chi connectivity index (χ0n) is 9.60. The Labute approximate surface area is 103 Å². The molecule has 0 unspecified atom stereocenters. The van der Waals surface area contributed by atoms with Crippen molar-refractivity contribution in [3.8, 4) is 0 Å². The fourth-order valence-corrected chi connectivity index (χ4v) is 1.58. The van der Waals surface area contributed by atoms with Crippen LogP contribution in [0.15, 0.2) is 0 Å². The van der Waals surface area contributed by atoms with Crippen molar-refractivity contribution in [2.45, 2.75) is 13.0 Å². The summed E-state index contributed by atoms with van der Waals surface area (Å²) >= 11 is 1.41. The normalized spacial score (nSPS) is 11.4. The Kier molecular flexibility index (Phi) is 7.85. The van der Waals surface area contributed by atoms with Crippen molar-refractivity contribution in [2.24, 2.45) is 0 Å². The first-order chi connectivity index (χ1) is 7.97. The minimum absolute atomic E-state index is 0.0181. The smallest absolute Gasteiger partial charge is 0.294 e. The molecule has 2 amide bonds. The van der Waals surface area contributed by atoms with E-state index in [2.05, 4.69) is 15.5 Å². The van der Waals surface area contributed by atoms with Crippen LogP contribution in [0.3, 0.4) is 0 Å². The molecule has 0 spiro atoms. The molecule has 0 aliphatic heterocycles. The minimum Gasteiger partial charge on any atom is -0.352 e. The molecule has 98 valence electrons. The van der Waals surface area contributed by atoms with E-state index in [-0.39, 0.29) is 25.0 Å². The van der Waals surface area contributed by atoms with Crippen LogP contribution in [0.25, 0.3) is 0 Å². The molecule has 0 saturated heterocycles. The van der Waals surface area contributed by atoms with Crippen molar-refractivity contribution >= 4 is 23.6 Å². The van der Waals surface area contributed by atoms with Gasteiger partial charge in [0, 0.05) is 19.2 Å². The standard InChI is InChI=1S/C8H15N3O5S/c1-6(12)10-7(5-17-2)8(13)9-3-4-16-11(14)15/h7H,3-5H2,1-2H3,(H,9,13)(H,10,12)/t7-/m0/s1. The van der Waals surface area contributed by atoms with Crippen LogP contribution in [-0.2, 0) is 14.4 Å². The van der Waals surface area contributed by atoms with Gasteiger partial charge in [-0.1, -0.05) is 0 Å². The van der Waals surface area contributed by atoms with E-state index in [1.54, 1.807) is 6.26 Å². The van der Waals surface area contributed by atoms with Gasteiger partial charge >= 0.3 is 0 Å². The van der Waals surface area contributed by atoms with Crippen LogP contribution < -0.4 is 10.6 Å². The zero-order valence-corrected chi connectivity index (χ0v) is 10.4. The van der Waals surface area contributed by atoms with Crippen LogP contribution in [0.2, 0.25) is 0 Å². The molecule has 0 aromatic carbocycles. The van der Waals surface area contributed by atoms with Gasteiger partial charge in [-0.05, 0) is 6.26 Å². The number of rotatable bonds is 8. The third-order valence-corrected chi connectivity index (χ3v) is 2.29. The highest BCUT2D eigenvalue weighted by Gasteiger charge is 2.18. The lowest BCUT2D eigenvalue weighted by molar-refractivity contribution is -0.757. The SMILES string of the molecule is CSC[C@H](NC(C)=O)C(=O)NCCO[N+](=O)[O-]. The first kappa shape index (κ1) is 15.5. The Morgan fingerprint density at radius 3 is 2.65 bits per heavy atom. The molecule has 0 saturated carbocycles. The molecule has 0 aliphatic rings. The summed E-state index contributed by atoms with van der Waals surface area (Å²) < 4.78 is 0. The van der Waals surface area contributed by atoms with Gasteiger partial charge in [0.25, 0.3) is 5.09 Å². The predicted octanol–water partition coefficient (Wildman–Crippen LogP) is -0.821. The van der Waals surface area contributed by atoms with E-state index in [4.69, 9.17) is 0 Å². The molecular weight excluding hydrogens is 250 g/mol. The summed E-state index contributed by atoms with van der Waals surface area (Å²) in [6.45, 7) is 1.12. The molecule has 17 heavy (non-hydrogen) atoms. The largest absolute Gasteiger partial charge is 0.352 e. The molecule has 0 aliphatic carbocycles. The van der Waals surface area contributed by atoms with E-state index in [1.165, 1.54) is 18.7 Å². The maximum Gasteiger partial charge on any atom is 0.294 e. The summed E-state index contributed by atoms with van der Waals surface area (Å²) in [6, 6.07) is -0.641. The van der Waals surface area contributed by atoms with Gasteiger partial charge < -0.3 is 15.5 Å². The molecule has 0 aromatic rings. The molecular formula is C8H15N3O5S. The summed E-state index contributed by atoms with van der Waals surface area (Å²) in [5.41, 5.74) is 0. The van der Waals surface area contributed by atoms with E-state index in [0.717, 1.165) is 0 Å². The van der Waals surface area contributed by atoms with Crippen molar-refractivity contribution in [3.05, 3.63) is 10.1 Å². The Hall–Kier alpha value is -1.51. The predicted molar refractivity (Wildman–Crippen MR) is 61.9 cm³/mol. The number of amides is 2. The number of carbonyl (C=O) groups is 2. The lowest BCUT2D eigenvalue weighted by Gasteiger charge is -2.16. The van der Waals surface area contributed by atoms with Gasteiger partial charge in [0.2, 0.25) is 11.8 Å². The summed E-state index contributed by atoms with van der Waals surface area (Å²) in [4.78, 5) is 36.3. The number of thioether (sulfide) groups is 1. The number of nitrogens with zero attached hydrogens (tertiary/aromatic N) is 1. The highest BCUT2D eigenvalue weighted by molar-refractivity contribution is 7.98. The third kappa shape index (κ3) is 8.31. The first-order valence-electron chi connectivity index (χ1n) is 4.78. The molecule has 2 N–H and O–H groups in total. The second-order valence-electron chi connectivity index (χ2n) is 3.06. The van der Waals surface area contributed by atoms with Crippen molar-refractivity contribution < 1.29 is 19.5 Å². The fourth-order valence-electron chi connectivity index (χ4n) is 1.01. The van der Waals surface area contributed by atoms with Crippen LogP contribution in [0, 0.1) is 10.1 Å². The third-order valence-electron chi connectivity index (χ3n) is 1.63. The molecule has 0 fully saturated rings. The second kappa shape index (κ2) is 8.62. The second-order valence-corrected chi connectivity index (χ2v) is 3.97. The summed E-state index contributed by atoms with van der Waals surface area (Å²) in [5, 5.41) is 13.8. The Morgan fingerprint density at radius 1 is 1.53 bits per heavy atom. The highest BCUT2D eigenvalue weighted by atomic mass is 32.2. The topological polar surface area (TPSA) is 111 Å². The Bertz CT molecular complexity index is 286. The van der Waals surface area contributed by atoms with Crippen LogP contribution in [0.5, 0.6) is 0 Å². The average molecular weight is 265 g/mol. The van der Waals surface area contributed by atoms with Crippen molar-refractivity contribution in [1.82, 2.24) is 10.6 Å². The van der Waals surface area contributed by atoms with Crippen LogP contribution in [0.4, 0.5) is 0 Å². The number of carbonyl (C=O) groups excluding carboxylic acids is 2. The van der Waals surface area contributed by atoms with E-state index < -0.39 is 11.1 Å². The van der Waals surface area contributed by atoms with Crippen molar-refractivity contribution in [1.29, 1.82) is 0 Å². The number of hydrogen-bond donors (Lipinski definition) is 2. The van der Waals surface area contributed by atoms with Crippen LogP contribution >= 0.6 is 11.8 Å². The number of nitrogens with one attached hydrogen (secondary N) is 2. The van der Waals surface area contributed by atoms with Gasteiger partial charge in [0.15, 0.2) is 0 Å². The summed E-state index contributed by atoms with van der Waals surface area (Å²) in [5.74, 6) is -0.260. The minimum atomic E-state index is -0.931. The number of hydrogen-bond acceptors (Lipinski definition) is 6. The zero-order chi connectivity index (χ0) is 13.3. The van der Waals surface area contributed by atoms with Crippen LogP contribution in [-0.4, -0.2) is 48.1 Å². The monoisotopic (exact) mass is 265 g/mol. The molecule has 0 bridgehead atoms. The van der Waals surface area contributed by atoms with E-state index in [0.29, 0.717) is 5.75 Å². The molecule has 0 radical (unpaired) electrons. The molecule has 0 heterocycles. The molecule has 0 rings (SSSR count). The Balaban J connectivity index is 3.96.